The number of aliphatic hydroxyl groups excluding tert-OH is 1. The van der Waals surface area contributed by atoms with Crippen LogP contribution in [0.1, 0.15) is 119 Å². The standard InChI is InChI=1S/C32H54O2/c1-21(2)9-8-10-22(3)24-14-18-32(19-23-20-34-23)26-11-12-27-29(4,5)28(33)15-16-30(27,6)25(26)13-17-31(24,32)7/h11,21-25,27-28,33H,8-10,12-20H2,1-7H3/t22-,23+,24-,25+,27+,28+,30-,31-,32-/m1/s1. The molecule has 1 saturated heterocycles. The van der Waals surface area contributed by atoms with E-state index in [-0.39, 0.29) is 11.5 Å². The molecule has 9 atom stereocenters. The van der Waals surface area contributed by atoms with Gasteiger partial charge >= 0.3 is 0 Å². The molecular weight excluding hydrogens is 416 g/mol. The lowest BCUT2D eigenvalue weighted by Crippen LogP contribution is -2.58. The van der Waals surface area contributed by atoms with Crippen molar-refractivity contribution in [3.63, 3.8) is 0 Å². The number of rotatable bonds is 7. The molecule has 34 heavy (non-hydrogen) atoms. The molecule has 194 valence electrons. The molecule has 0 bridgehead atoms. The maximum Gasteiger partial charge on any atom is 0.0818 e. The smallest absolute Gasteiger partial charge is 0.0818 e. The number of hydrogen-bond acceptors (Lipinski definition) is 2. The van der Waals surface area contributed by atoms with Gasteiger partial charge in [0.25, 0.3) is 0 Å². The molecule has 4 fully saturated rings. The zero-order valence-electron chi connectivity index (χ0n) is 23.5. The fourth-order valence-electron chi connectivity index (χ4n) is 10.5. The van der Waals surface area contributed by atoms with Crippen molar-refractivity contribution in [3.8, 4) is 0 Å². The van der Waals surface area contributed by atoms with Crippen LogP contribution in [0.25, 0.3) is 0 Å². The molecule has 0 radical (unpaired) electrons. The van der Waals surface area contributed by atoms with E-state index in [9.17, 15) is 5.11 Å². The zero-order chi connectivity index (χ0) is 24.5. The summed E-state index contributed by atoms with van der Waals surface area (Å²) in [5, 5.41) is 10.9. The van der Waals surface area contributed by atoms with E-state index in [0.717, 1.165) is 30.8 Å². The molecule has 0 spiro atoms. The van der Waals surface area contributed by atoms with Crippen molar-refractivity contribution in [3.05, 3.63) is 11.6 Å². The first kappa shape index (κ1) is 25.3. The average Bonchev–Trinajstić information content (AvgIpc) is 3.51. The van der Waals surface area contributed by atoms with Gasteiger partial charge in [-0.3, -0.25) is 0 Å². The fourth-order valence-corrected chi connectivity index (χ4v) is 10.5. The van der Waals surface area contributed by atoms with Gasteiger partial charge in [0.05, 0.1) is 18.8 Å². The molecule has 2 heteroatoms. The van der Waals surface area contributed by atoms with E-state index in [1.807, 2.05) is 5.57 Å². The summed E-state index contributed by atoms with van der Waals surface area (Å²) in [4.78, 5) is 0. The first-order valence-corrected chi connectivity index (χ1v) is 15.0. The van der Waals surface area contributed by atoms with Crippen LogP contribution in [-0.2, 0) is 4.74 Å². The van der Waals surface area contributed by atoms with Crippen molar-refractivity contribution in [2.45, 2.75) is 131 Å². The molecule has 1 heterocycles. The van der Waals surface area contributed by atoms with Gasteiger partial charge < -0.3 is 9.84 Å². The zero-order valence-corrected chi connectivity index (χ0v) is 23.5. The van der Waals surface area contributed by atoms with Crippen molar-refractivity contribution >= 4 is 0 Å². The van der Waals surface area contributed by atoms with Crippen LogP contribution in [0.4, 0.5) is 0 Å². The first-order valence-electron chi connectivity index (χ1n) is 15.0. The van der Waals surface area contributed by atoms with E-state index in [0.29, 0.717) is 34.2 Å². The summed E-state index contributed by atoms with van der Waals surface area (Å²) in [5.74, 6) is 3.82. The number of epoxide rings is 1. The Hall–Kier alpha value is -0.340. The van der Waals surface area contributed by atoms with Crippen molar-refractivity contribution in [2.24, 2.45) is 51.2 Å². The lowest BCUT2D eigenvalue weighted by molar-refractivity contribution is -0.134. The lowest BCUT2D eigenvalue weighted by Gasteiger charge is -2.65. The summed E-state index contributed by atoms with van der Waals surface area (Å²) in [5.41, 5.74) is 2.99. The minimum atomic E-state index is -0.147. The van der Waals surface area contributed by atoms with E-state index in [1.54, 1.807) is 0 Å². The SMILES string of the molecule is CC(C)CCC[C@@H](C)[C@H]1CC[C@@]2(C[C@H]3CO3)C3=CC[C@H]4C(C)(C)[C@@H](O)CC[C@]4(C)[C@H]3CC[C@]12C. The molecule has 0 aromatic carbocycles. The normalized spacial score (nSPS) is 48.0. The molecule has 0 amide bonds. The van der Waals surface area contributed by atoms with Gasteiger partial charge in [-0.1, -0.05) is 79.4 Å². The number of hydrogen-bond donors (Lipinski definition) is 1. The van der Waals surface area contributed by atoms with Crippen LogP contribution in [0.15, 0.2) is 11.6 Å². The molecule has 5 aliphatic rings. The van der Waals surface area contributed by atoms with E-state index in [4.69, 9.17) is 4.74 Å². The van der Waals surface area contributed by atoms with Crippen molar-refractivity contribution in [1.29, 1.82) is 0 Å². The van der Waals surface area contributed by atoms with Gasteiger partial charge in [0.2, 0.25) is 0 Å². The number of ether oxygens (including phenoxy) is 1. The number of aliphatic hydroxyl groups is 1. The second-order valence-corrected chi connectivity index (χ2v) is 15.0. The Kier molecular flexibility index (Phi) is 6.41. The predicted molar refractivity (Wildman–Crippen MR) is 142 cm³/mol. The van der Waals surface area contributed by atoms with Gasteiger partial charge in [0.15, 0.2) is 0 Å². The number of fused-ring (bicyclic) bond motifs is 5. The molecule has 0 aromatic rings. The molecule has 2 nitrogen and oxygen atoms in total. The number of allylic oxidation sites excluding steroid dienone is 2. The van der Waals surface area contributed by atoms with Crippen LogP contribution in [0.2, 0.25) is 0 Å². The van der Waals surface area contributed by atoms with E-state index in [2.05, 4.69) is 54.5 Å². The lowest BCUT2D eigenvalue weighted by atomic mass is 9.40. The monoisotopic (exact) mass is 470 g/mol. The van der Waals surface area contributed by atoms with Crippen LogP contribution in [0, 0.1) is 51.2 Å². The van der Waals surface area contributed by atoms with E-state index in [1.165, 1.54) is 64.2 Å². The van der Waals surface area contributed by atoms with E-state index >= 15 is 0 Å². The Morgan fingerprint density at radius 2 is 1.74 bits per heavy atom. The van der Waals surface area contributed by atoms with Gasteiger partial charge in [-0.2, -0.15) is 0 Å². The van der Waals surface area contributed by atoms with Crippen LogP contribution in [0.5, 0.6) is 0 Å². The molecule has 0 aromatic heterocycles. The maximum absolute atomic E-state index is 10.9. The van der Waals surface area contributed by atoms with Crippen LogP contribution < -0.4 is 0 Å². The quantitative estimate of drug-likeness (QED) is 0.300. The van der Waals surface area contributed by atoms with Gasteiger partial charge in [0, 0.05) is 0 Å². The van der Waals surface area contributed by atoms with Crippen LogP contribution in [-0.4, -0.2) is 23.9 Å². The molecule has 1 aliphatic heterocycles. The highest BCUT2D eigenvalue weighted by molar-refractivity contribution is 5.34. The molecule has 5 rings (SSSR count). The van der Waals surface area contributed by atoms with Crippen LogP contribution in [0.3, 0.4) is 0 Å². The Morgan fingerprint density at radius 1 is 1.00 bits per heavy atom. The summed E-state index contributed by atoms with van der Waals surface area (Å²) >= 11 is 0. The molecule has 3 saturated carbocycles. The Balaban J connectivity index is 1.48. The summed E-state index contributed by atoms with van der Waals surface area (Å²) in [6, 6.07) is 0. The second-order valence-electron chi connectivity index (χ2n) is 15.0. The molecule has 1 N–H and O–H groups in total. The Labute approximate surface area is 210 Å². The highest BCUT2D eigenvalue weighted by Crippen LogP contribution is 2.75. The molecular formula is C32H54O2. The fraction of sp³-hybridized carbons (Fsp3) is 0.938. The van der Waals surface area contributed by atoms with Gasteiger partial charge in [-0.15, -0.1) is 0 Å². The van der Waals surface area contributed by atoms with Crippen LogP contribution >= 0.6 is 0 Å². The van der Waals surface area contributed by atoms with E-state index < -0.39 is 0 Å². The van der Waals surface area contributed by atoms with Gasteiger partial charge in [-0.05, 0) is 103 Å². The second kappa shape index (κ2) is 8.61. The third-order valence-corrected chi connectivity index (χ3v) is 12.7. The minimum Gasteiger partial charge on any atom is -0.393 e. The van der Waals surface area contributed by atoms with Gasteiger partial charge in [0.1, 0.15) is 0 Å². The first-order chi connectivity index (χ1) is 16.0. The summed E-state index contributed by atoms with van der Waals surface area (Å²) < 4.78 is 5.94. The summed E-state index contributed by atoms with van der Waals surface area (Å²) in [6.45, 7) is 18.4. The molecule has 4 aliphatic carbocycles. The minimum absolute atomic E-state index is 0.0195. The highest BCUT2D eigenvalue weighted by atomic mass is 16.6. The van der Waals surface area contributed by atoms with Gasteiger partial charge in [-0.25, -0.2) is 0 Å². The highest BCUT2D eigenvalue weighted by Gasteiger charge is 2.67. The van der Waals surface area contributed by atoms with Crippen molar-refractivity contribution in [2.75, 3.05) is 6.61 Å². The Morgan fingerprint density at radius 3 is 2.41 bits per heavy atom. The van der Waals surface area contributed by atoms with Crippen molar-refractivity contribution < 1.29 is 9.84 Å². The topological polar surface area (TPSA) is 32.8 Å². The molecule has 0 unspecified atom stereocenters. The largest absolute Gasteiger partial charge is 0.393 e. The summed E-state index contributed by atoms with van der Waals surface area (Å²) in [7, 11) is 0. The Bertz CT molecular complexity index is 793. The third-order valence-electron chi connectivity index (χ3n) is 12.7. The maximum atomic E-state index is 10.9. The van der Waals surface area contributed by atoms with Crippen molar-refractivity contribution in [1.82, 2.24) is 0 Å². The average molecular weight is 471 g/mol. The third kappa shape index (κ3) is 3.70. The summed E-state index contributed by atoms with van der Waals surface area (Å²) in [6.07, 6.45) is 17.5. The predicted octanol–water partition coefficient (Wildman–Crippen LogP) is 8.18.